The summed E-state index contributed by atoms with van der Waals surface area (Å²) in [6, 6.07) is 1.84. The number of thiophene rings is 1. The van der Waals surface area contributed by atoms with Crippen LogP contribution in [-0.4, -0.2) is 23.7 Å². The largest absolute Gasteiger partial charge is 0.392 e. The van der Waals surface area contributed by atoms with E-state index >= 15 is 0 Å². The Morgan fingerprint density at radius 3 is 2.89 bits per heavy atom. The molecule has 19 heavy (non-hydrogen) atoms. The summed E-state index contributed by atoms with van der Waals surface area (Å²) in [4.78, 5) is 0.883. The van der Waals surface area contributed by atoms with E-state index in [1.54, 1.807) is 6.92 Å². The molecule has 2 aromatic rings. The first-order valence-corrected chi connectivity index (χ1v) is 8.47. The van der Waals surface area contributed by atoms with Gasteiger partial charge in [0.05, 0.1) is 6.61 Å². The number of halogens is 1. The lowest BCUT2D eigenvalue weighted by Gasteiger charge is -2.04. The molecule has 0 amide bonds. The second-order valence-electron chi connectivity index (χ2n) is 3.85. The molecule has 2 heterocycles. The quantitative estimate of drug-likeness (QED) is 0.748. The lowest BCUT2D eigenvalue weighted by atomic mass is 10.3. The average molecular weight is 366 g/mol. The molecular weight excluding hydrogens is 354 g/mol. The molecule has 0 spiro atoms. The van der Waals surface area contributed by atoms with Crippen LogP contribution in [0.15, 0.2) is 20.9 Å². The van der Waals surface area contributed by atoms with Gasteiger partial charge in [-0.15, -0.1) is 11.3 Å². The molecule has 0 radical (unpaired) electrons. The molecule has 2 aromatic heterocycles. The minimum atomic E-state index is -3.73. The number of aliphatic hydroxyl groups excluding tert-OH is 1. The van der Waals surface area contributed by atoms with Gasteiger partial charge in [-0.25, -0.2) is 13.1 Å². The van der Waals surface area contributed by atoms with Crippen molar-refractivity contribution in [1.82, 2.24) is 14.9 Å². The fourth-order valence-electron chi connectivity index (χ4n) is 1.52. The number of nitrogens with one attached hydrogen (secondary N) is 2. The Hall–Kier alpha value is -0.740. The molecule has 9 heteroatoms. The first kappa shape index (κ1) is 14.7. The van der Waals surface area contributed by atoms with Crippen molar-refractivity contribution in [3.05, 3.63) is 32.1 Å². The van der Waals surface area contributed by atoms with Crippen molar-refractivity contribution >= 4 is 37.3 Å². The molecule has 0 aromatic carbocycles. The molecule has 0 aliphatic carbocycles. The molecule has 0 saturated heterocycles. The van der Waals surface area contributed by atoms with Gasteiger partial charge in [0.2, 0.25) is 0 Å². The third-order valence-electron chi connectivity index (χ3n) is 2.51. The zero-order valence-electron chi connectivity index (χ0n) is 9.97. The zero-order chi connectivity index (χ0) is 14.0. The molecule has 3 N–H and O–H groups in total. The van der Waals surface area contributed by atoms with Crippen LogP contribution in [0.1, 0.15) is 16.1 Å². The predicted molar refractivity (Wildman–Crippen MR) is 75.3 cm³/mol. The van der Waals surface area contributed by atoms with E-state index in [0.717, 1.165) is 9.35 Å². The van der Waals surface area contributed by atoms with Gasteiger partial charge >= 0.3 is 0 Å². The fraction of sp³-hybridized carbons (Fsp3) is 0.300. The van der Waals surface area contributed by atoms with Crippen LogP contribution in [0.2, 0.25) is 0 Å². The maximum absolute atomic E-state index is 12.1. The van der Waals surface area contributed by atoms with E-state index in [4.69, 9.17) is 0 Å². The lowest BCUT2D eigenvalue weighted by molar-refractivity contribution is 0.277. The highest BCUT2D eigenvalue weighted by atomic mass is 79.9. The molecule has 6 nitrogen and oxygen atoms in total. The van der Waals surface area contributed by atoms with Crippen molar-refractivity contribution in [1.29, 1.82) is 0 Å². The first-order valence-electron chi connectivity index (χ1n) is 5.31. The van der Waals surface area contributed by atoms with Crippen LogP contribution in [0.3, 0.4) is 0 Å². The summed E-state index contributed by atoms with van der Waals surface area (Å²) in [7, 11) is -3.73. The van der Waals surface area contributed by atoms with Crippen molar-refractivity contribution in [3.8, 4) is 0 Å². The second-order valence-corrected chi connectivity index (χ2v) is 7.44. The maximum atomic E-state index is 12.1. The van der Waals surface area contributed by atoms with E-state index in [2.05, 4.69) is 30.8 Å². The van der Waals surface area contributed by atoms with Gasteiger partial charge in [-0.05, 0) is 28.9 Å². The number of sulfonamides is 1. The van der Waals surface area contributed by atoms with Gasteiger partial charge in [-0.1, -0.05) is 0 Å². The number of aromatic amines is 1. The topological polar surface area (TPSA) is 95.1 Å². The smallest absolute Gasteiger partial charge is 0.260 e. The standard InChI is InChI=1S/C10H12BrN3O3S2/c1-6-9(4-15)10(14-13-6)19(16,17)12-3-8-2-7(11)5-18-8/h2,5,12,15H,3-4H2,1H3,(H,13,14). The number of nitrogens with zero attached hydrogens (tertiary/aromatic N) is 1. The van der Waals surface area contributed by atoms with Crippen LogP contribution in [-0.2, 0) is 23.2 Å². The SMILES string of the molecule is Cc1[nH]nc(S(=O)(=O)NCc2cc(Br)cs2)c1CO. The molecule has 0 saturated carbocycles. The van der Waals surface area contributed by atoms with Crippen LogP contribution in [0, 0.1) is 6.92 Å². The second kappa shape index (κ2) is 5.71. The van der Waals surface area contributed by atoms with Crippen molar-refractivity contribution in [2.75, 3.05) is 0 Å². The minimum absolute atomic E-state index is 0.150. The van der Waals surface area contributed by atoms with E-state index in [9.17, 15) is 13.5 Å². The van der Waals surface area contributed by atoms with E-state index in [0.29, 0.717) is 11.3 Å². The predicted octanol–water partition coefficient (Wildman–Crippen LogP) is 1.51. The van der Waals surface area contributed by atoms with Crippen LogP contribution in [0.5, 0.6) is 0 Å². The Labute approximate surface area is 123 Å². The molecular formula is C10H12BrN3O3S2. The zero-order valence-corrected chi connectivity index (χ0v) is 13.2. The van der Waals surface area contributed by atoms with Gasteiger partial charge in [-0.3, -0.25) is 5.10 Å². The molecule has 104 valence electrons. The number of rotatable bonds is 5. The molecule has 2 rings (SSSR count). The monoisotopic (exact) mass is 365 g/mol. The molecule has 0 unspecified atom stereocenters. The van der Waals surface area contributed by atoms with Crippen LogP contribution in [0.25, 0.3) is 0 Å². The first-order chi connectivity index (χ1) is 8.94. The van der Waals surface area contributed by atoms with Crippen molar-refractivity contribution in [2.24, 2.45) is 0 Å². The Morgan fingerprint density at radius 2 is 2.32 bits per heavy atom. The van der Waals surface area contributed by atoms with Gasteiger partial charge in [0.15, 0.2) is 5.03 Å². The maximum Gasteiger partial charge on any atom is 0.260 e. The Kier molecular flexibility index (Phi) is 4.41. The Morgan fingerprint density at radius 1 is 1.58 bits per heavy atom. The van der Waals surface area contributed by atoms with Gasteiger partial charge in [0.1, 0.15) is 0 Å². The van der Waals surface area contributed by atoms with E-state index in [1.807, 2.05) is 11.4 Å². The molecule has 0 aliphatic heterocycles. The summed E-state index contributed by atoms with van der Waals surface area (Å²) in [5.74, 6) is 0. The van der Waals surface area contributed by atoms with Crippen LogP contribution >= 0.6 is 27.3 Å². The van der Waals surface area contributed by atoms with Crippen molar-refractivity contribution in [3.63, 3.8) is 0 Å². The number of H-pyrrole nitrogens is 1. The third-order valence-corrected chi connectivity index (χ3v) is 5.58. The number of hydrogen-bond acceptors (Lipinski definition) is 5. The Balaban J connectivity index is 2.18. The highest BCUT2D eigenvalue weighted by Crippen LogP contribution is 2.21. The summed E-state index contributed by atoms with van der Waals surface area (Å²) < 4.78 is 27.6. The molecule has 0 bridgehead atoms. The van der Waals surface area contributed by atoms with Crippen LogP contribution < -0.4 is 4.72 Å². The molecule has 0 aliphatic rings. The lowest BCUT2D eigenvalue weighted by Crippen LogP contribution is -2.24. The number of hydrogen-bond donors (Lipinski definition) is 3. The van der Waals surface area contributed by atoms with Gasteiger partial charge in [-0.2, -0.15) is 5.10 Å². The van der Waals surface area contributed by atoms with Gasteiger partial charge < -0.3 is 5.11 Å². The van der Waals surface area contributed by atoms with Crippen molar-refractivity contribution < 1.29 is 13.5 Å². The summed E-state index contributed by atoms with van der Waals surface area (Å²) in [5.41, 5.74) is 0.835. The van der Waals surface area contributed by atoms with E-state index in [1.165, 1.54) is 11.3 Å². The summed E-state index contributed by atoms with van der Waals surface area (Å²) in [6.07, 6.45) is 0. The highest BCUT2D eigenvalue weighted by molar-refractivity contribution is 9.10. The van der Waals surface area contributed by atoms with E-state index < -0.39 is 10.0 Å². The van der Waals surface area contributed by atoms with Gasteiger partial charge in [0.25, 0.3) is 10.0 Å². The van der Waals surface area contributed by atoms with Crippen molar-refractivity contribution in [2.45, 2.75) is 25.1 Å². The third kappa shape index (κ3) is 3.23. The Bertz CT molecular complexity index is 678. The fourth-order valence-corrected chi connectivity index (χ4v) is 4.19. The average Bonchev–Trinajstić information content (AvgIpc) is 2.93. The molecule has 0 atom stereocenters. The molecule has 0 fully saturated rings. The summed E-state index contributed by atoms with van der Waals surface area (Å²) >= 11 is 4.76. The van der Waals surface area contributed by atoms with Crippen LogP contribution in [0.4, 0.5) is 0 Å². The normalized spacial score (nSPS) is 11.9. The summed E-state index contributed by atoms with van der Waals surface area (Å²) in [5, 5.41) is 17.2. The minimum Gasteiger partial charge on any atom is -0.392 e. The summed E-state index contributed by atoms with van der Waals surface area (Å²) in [6.45, 7) is 1.48. The highest BCUT2D eigenvalue weighted by Gasteiger charge is 2.23. The van der Waals surface area contributed by atoms with E-state index in [-0.39, 0.29) is 18.2 Å². The number of aryl methyl sites for hydroxylation is 1. The van der Waals surface area contributed by atoms with Gasteiger partial charge in [0, 0.05) is 32.5 Å². The number of aliphatic hydroxyl groups is 1. The number of aromatic nitrogens is 2.